The number of hydrogen-bond acceptors (Lipinski definition) is 3. The van der Waals surface area contributed by atoms with Crippen molar-refractivity contribution >= 4 is 22.9 Å². The van der Waals surface area contributed by atoms with E-state index in [1.165, 1.54) is 40.9 Å². The number of hydrogen-bond donors (Lipinski definition) is 1. The lowest BCUT2D eigenvalue weighted by molar-refractivity contribution is 0.103. The third kappa shape index (κ3) is 4.22. The Morgan fingerprint density at radius 1 is 1.04 bits per heavy atom. The maximum Gasteiger partial charge on any atom is 0.265 e. The number of ether oxygens (including phenoxy) is 1. The van der Waals surface area contributed by atoms with Crippen molar-refractivity contribution in [2.75, 3.05) is 5.32 Å². The van der Waals surface area contributed by atoms with E-state index >= 15 is 0 Å². The van der Waals surface area contributed by atoms with E-state index in [1.807, 2.05) is 41.8 Å². The van der Waals surface area contributed by atoms with Gasteiger partial charge in [0.15, 0.2) is 0 Å². The first-order valence-corrected chi connectivity index (χ1v) is 10.3. The van der Waals surface area contributed by atoms with Crippen LogP contribution in [0.2, 0.25) is 0 Å². The fourth-order valence-corrected chi connectivity index (χ4v) is 4.18. The summed E-state index contributed by atoms with van der Waals surface area (Å²) in [5.41, 5.74) is 5.96. The van der Waals surface area contributed by atoms with E-state index in [2.05, 4.69) is 24.4 Å². The van der Waals surface area contributed by atoms with Crippen LogP contribution >= 0.6 is 11.3 Å². The molecule has 0 radical (unpaired) electrons. The van der Waals surface area contributed by atoms with Crippen LogP contribution in [0.3, 0.4) is 0 Å². The maximum absolute atomic E-state index is 12.4. The van der Waals surface area contributed by atoms with Crippen molar-refractivity contribution < 1.29 is 9.53 Å². The lowest BCUT2D eigenvalue weighted by atomic mass is 10.1. The Morgan fingerprint density at radius 2 is 1.85 bits per heavy atom. The summed E-state index contributed by atoms with van der Waals surface area (Å²) in [4.78, 5) is 13.1. The van der Waals surface area contributed by atoms with Gasteiger partial charge in [0.1, 0.15) is 12.4 Å². The van der Waals surface area contributed by atoms with Crippen LogP contribution in [0.25, 0.3) is 0 Å². The van der Waals surface area contributed by atoms with Gasteiger partial charge in [0.05, 0.1) is 4.88 Å². The van der Waals surface area contributed by atoms with Gasteiger partial charge in [-0.2, -0.15) is 0 Å². The topological polar surface area (TPSA) is 38.3 Å². The molecule has 0 aliphatic heterocycles. The average Bonchev–Trinajstić information content (AvgIpc) is 3.36. The molecule has 0 atom stereocenters. The van der Waals surface area contributed by atoms with E-state index in [-0.39, 0.29) is 5.91 Å². The first-order valence-electron chi connectivity index (χ1n) is 9.43. The van der Waals surface area contributed by atoms with Crippen molar-refractivity contribution in [2.45, 2.75) is 39.2 Å². The van der Waals surface area contributed by atoms with Gasteiger partial charge in [0.2, 0.25) is 0 Å². The molecule has 1 amide bonds. The predicted octanol–water partition coefficient (Wildman–Crippen LogP) is 5.63. The summed E-state index contributed by atoms with van der Waals surface area (Å²) in [7, 11) is 0. The molecule has 0 bridgehead atoms. The molecule has 4 rings (SSSR count). The minimum absolute atomic E-state index is 0.0759. The number of benzene rings is 2. The Bertz CT molecular complexity index is 943. The molecule has 138 valence electrons. The average molecular weight is 378 g/mol. The Morgan fingerprint density at radius 3 is 2.67 bits per heavy atom. The highest BCUT2D eigenvalue weighted by Gasteiger charge is 2.12. The maximum atomic E-state index is 12.4. The van der Waals surface area contributed by atoms with Crippen LogP contribution in [0.15, 0.2) is 53.9 Å². The fraction of sp³-hybridized carbons (Fsp3) is 0.261. The summed E-state index contributed by atoms with van der Waals surface area (Å²) in [5, 5.41) is 4.94. The van der Waals surface area contributed by atoms with Crippen molar-refractivity contribution in [1.29, 1.82) is 0 Å². The highest BCUT2D eigenvalue weighted by Crippen LogP contribution is 2.27. The second kappa shape index (κ2) is 7.97. The molecule has 4 heteroatoms. The van der Waals surface area contributed by atoms with Crippen LogP contribution in [0, 0.1) is 0 Å². The van der Waals surface area contributed by atoms with Crippen molar-refractivity contribution in [1.82, 2.24) is 0 Å². The number of aryl methyl sites for hydroxylation is 3. The summed E-state index contributed by atoms with van der Waals surface area (Å²) in [5.74, 6) is 0.830. The first-order chi connectivity index (χ1) is 13.2. The Balaban J connectivity index is 1.35. The zero-order valence-corrected chi connectivity index (χ0v) is 16.3. The summed E-state index contributed by atoms with van der Waals surface area (Å²) in [6, 6.07) is 16.3. The smallest absolute Gasteiger partial charge is 0.265 e. The number of thiophene rings is 1. The number of nitrogens with one attached hydrogen (secondary N) is 1. The van der Waals surface area contributed by atoms with Crippen LogP contribution < -0.4 is 10.1 Å². The molecule has 1 heterocycles. The summed E-state index contributed by atoms with van der Waals surface area (Å²) >= 11 is 1.45. The van der Waals surface area contributed by atoms with Gasteiger partial charge in [0, 0.05) is 11.3 Å². The minimum atomic E-state index is -0.0759. The second-order valence-electron chi connectivity index (χ2n) is 6.90. The molecule has 0 fully saturated rings. The number of fused-ring (bicyclic) bond motifs is 1. The number of anilines is 1. The molecule has 0 saturated carbocycles. The normalized spacial score (nSPS) is 12.6. The molecule has 0 saturated heterocycles. The number of carbonyl (C=O) groups excluding carboxylic acids is 1. The largest absolute Gasteiger partial charge is 0.489 e. The zero-order chi connectivity index (χ0) is 18.6. The highest BCUT2D eigenvalue weighted by molar-refractivity contribution is 7.12. The van der Waals surface area contributed by atoms with Crippen LogP contribution in [-0.2, 0) is 25.9 Å². The van der Waals surface area contributed by atoms with Gasteiger partial charge in [-0.15, -0.1) is 11.3 Å². The second-order valence-corrected chi connectivity index (χ2v) is 7.81. The SMILES string of the molecule is CCc1ccc(NC(=O)c2cc(COc3ccc4c(c3)CCC4)cs2)cc1. The van der Waals surface area contributed by atoms with E-state index in [0.717, 1.165) is 29.8 Å². The molecule has 3 nitrogen and oxygen atoms in total. The van der Waals surface area contributed by atoms with Crippen molar-refractivity contribution in [3.8, 4) is 5.75 Å². The number of rotatable bonds is 6. The van der Waals surface area contributed by atoms with Crippen molar-refractivity contribution in [3.05, 3.63) is 81.0 Å². The van der Waals surface area contributed by atoms with E-state index in [0.29, 0.717) is 11.5 Å². The van der Waals surface area contributed by atoms with E-state index < -0.39 is 0 Å². The van der Waals surface area contributed by atoms with E-state index in [1.54, 1.807) is 0 Å². The third-order valence-electron chi connectivity index (χ3n) is 4.97. The molecule has 1 aliphatic rings. The van der Waals surface area contributed by atoms with Crippen molar-refractivity contribution in [2.24, 2.45) is 0 Å². The lowest BCUT2D eigenvalue weighted by Gasteiger charge is -2.07. The van der Waals surface area contributed by atoms with E-state index in [4.69, 9.17) is 4.74 Å². The fourth-order valence-electron chi connectivity index (χ4n) is 3.39. The van der Waals surface area contributed by atoms with Gasteiger partial charge < -0.3 is 10.1 Å². The Kier molecular flexibility index (Phi) is 5.26. The zero-order valence-electron chi connectivity index (χ0n) is 15.5. The molecule has 0 spiro atoms. The van der Waals surface area contributed by atoms with Crippen LogP contribution in [0.1, 0.15) is 45.3 Å². The third-order valence-corrected chi connectivity index (χ3v) is 5.95. The molecule has 2 aromatic carbocycles. The molecule has 1 aromatic heterocycles. The van der Waals surface area contributed by atoms with Crippen LogP contribution in [0.4, 0.5) is 5.69 Å². The molecular weight excluding hydrogens is 354 g/mol. The Hall–Kier alpha value is -2.59. The van der Waals surface area contributed by atoms with Gasteiger partial charge in [-0.05, 0) is 78.1 Å². The van der Waals surface area contributed by atoms with Crippen molar-refractivity contribution in [3.63, 3.8) is 0 Å². The highest BCUT2D eigenvalue weighted by atomic mass is 32.1. The van der Waals surface area contributed by atoms with Gasteiger partial charge in [-0.3, -0.25) is 4.79 Å². The summed E-state index contributed by atoms with van der Waals surface area (Å²) in [6.07, 6.45) is 4.56. The van der Waals surface area contributed by atoms with E-state index in [9.17, 15) is 4.79 Å². The quantitative estimate of drug-likeness (QED) is 0.604. The van der Waals surface area contributed by atoms with Gasteiger partial charge >= 0.3 is 0 Å². The van der Waals surface area contributed by atoms with Crippen LogP contribution in [-0.4, -0.2) is 5.91 Å². The minimum Gasteiger partial charge on any atom is -0.489 e. The Labute approximate surface area is 164 Å². The number of carbonyl (C=O) groups is 1. The molecule has 27 heavy (non-hydrogen) atoms. The monoisotopic (exact) mass is 377 g/mol. The predicted molar refractivity (Wildman–Crippen MR) is 111 cm³/mol. The molecule has 1 N–H and O–H groups in total. The molecule has 1 aliphatic carbocycles. The summed E-state index contributed by atoms with van der Waals surface area (Å²) in [6.45, 7) is 2.60. The van der Waals surface area contributed by atoms with Gasteiger partial charge in [-0.1, -0.05) is 25.1 Å². The lowest BCUT2D eigenvalue weighted by Crippen LogP contribution is -2.10. The van der Waals surface area contributed by atoms with Gasteiger partial charge in [0.25, 0.3) is 5.91 Å². The standard InChI is InChI=1S/C23H23NO2S/c1-2-16-6-9-20(10-7-16)24-23(25)22-12-17(15-27-22)14-26-21-11-8-18-4-3-5-19(18)13-21/h6-13,15H,2-5,14H2,1H3,(H,24,25). The molecular formula is C23H23NO2S. The first kappa shape index (κ1) is 17.8. The summed E-state index contributed by atoms with van der Waals surface area (Å²) < 4.78 is 5.93. The number of amides is 1. The molecule has 3 aromatic rings. The van der Waals surface area contributed by atoms with Crippen LogP contribution in [0.5, 0.6) is 5.75 Å². The molecule has 0 unspecified atom stereocenters. The van der Waals surface area contributed by atoms with Gasteiger partial charge in [-0.25, -0.2) is 0 Å².